The molecule has 0 radical (unpaired) electrons. The lowest BCUT2D eigenvalue weighted by Crippen LogP contribution is -2.20. The van der Waals surface area contributed by atoms with Crippen LogP contribution in [0.3, 0.4) is 0 Å². The third-order valence-corrected chi connectivity index (χ3v) is 4.30. The molecular weight excluding hydrogens is 226 g/mol. The number of hydrogen-bond acceptors (Lipinski definition) is 4. The van der Waals surface area contributed by atoms with Crippen LogP contribution in [-0.4, -0.2) is 28.2 Å². The number of hydrogen-bond donors (Lipinski definition) is 2. The predicted octanol–water partition coefficient (Wildman–Crippen LogP) is 1.93. The van der Waals surface area contributed by atoms with Gasteiger partial charge in [0.25, 0.3) is 0 Å². The maximum absolute atomic E-state index is 9.35. The Labute approximate surface area is 108 Å². The van der Waals surface area contributed by atoms with E-state index >= 15 is 0 Å². The summed E-state index contributed by atoms with van der Waals surface area (Å²) >= 11 is 0. The summed E-state index contributed by atoms with van der Waals surface area (Å²) in [6, 6.07) is 0. The number of nitrogens with zero attached hydrogens (tertiary/aromatic N) is 2. The van der Waals surface area contributed by atoms with Crippen LogP contribution in [0.25, 0.3) is 0 Å². The third kappa shape index (κ3) is 2.34. The maximum atomic E-state index is 9.35. The van der Waals surface area contributed by atoms with Crippen molar-refractivity contribution in [3.8, 4) is 0 Å². The van der Waals surface area contributed by atoms with Crippen LogP contribution >= 0.6 is 0 Å². The average Bonchev–Trinajstić information content (AvgIpc) is 3.20. The summed E-state index contributed by atoms with van der Waals surface area (Å²) in [4.78, 5) is 8.81. The molecule has 1 aromatic heterocycles. The summed E-state index contributed by atoms with van der Waals surface area (Å²) in [7, 11) is 0. The van der Waals surface area contributed by atoms with Crippen LogP contribution in [0.2, 0.25) is 0 Å². The highest BCUT2D eigenvalue weighted by Crippen LogP contribution is 2.45. The summed E-state index contributed by atoms with van der Waals surface area (Å²) in [6.07, 6.45) is 9.86. The quantitative estimate of drug-likeness (QED) is 0.798. The molecule has 0 amide bonds. The maximum Gasteiger partial charge on any atom is 0.132 e. The van der Waals surface area contributed by atoms with E-state index in [4.69, 9.17) is 0 Å². The average molecular weight is 247 g/mol. The van der Waals surface area contributed by atoms with Crippen molar-refractivity contribution in [2.24, 2.45) is 5.41 Å². The molecule has 1 heterocycles. The zero-order valence-corrected chi connectivity index (χ0v) is 10.8. The Morgan fingerprint density at radius 2 is 2.00 bits per heavy atom. The lowest BCUT2D eigenvalue weighted by atomic mass is 10.1. The van der Waals surface area contributed by atoms with Crippen LogP contribution in [0.1, 0.15) is 43.4 Å². The molecule has 4 heteroatoms. The highest BCUT2D eigenvalue weighted by atomic mass is 16.3. The van der Waals surface area contributed by atoms with Crippen LogP contribution in [0, 0.1) is 5.41 Å². The molecule has 1 saturated carbocycles. The minimum Gasteiger partial charge on any atom is -0.396 e. The molecule has 2 N–H and O–H groups in total. The van der Waals surface area contributed by atoms with Crippen molar-refractivity contribution >= 4 is 5.82 Å². The van der Waals surface area contributed by atoms with E-state index in [0.29, 0.717) is 0 Å². The minimum absolute atomic E-state index is 0.128. The Hall–Kier alpha value is -1.16. The minimum atomic E-state index is 0.128. The summed E-state index contributed by atoms with van der Waals surface area (Å²) in [5.41, 5.74) is 2.66. The van der Waals surface area contributed by atoms with Crippen molar-refractivity contribution in [3.63, 3.8) is 0 Å². The van der Waals surface area contributed by atoms with E-state index in [1.807, 2.05) is 0 Å². The van der Waals surface area contributed by atoms with Gasteiger partial charge in [-0.25, -0.2) is 9.97 Å². The summed E-state index contributed by atoms with van der Waals surface area (Å²) < 4.78 is 0. The molecule has 3 rings (SSSR count). The lowest BCUT2D eigenvalue weighted by Gasteiger charge is -2.16. The molecule has 1 aromatic rings. The van der Waals surface area contributed by atoms with Gasteiger partial charge in [0, 0.05) is 23.2 Å². The van der Waals surface area contributed by atoms with Crippen molar-refractivity contribution in [2.45, 2.75) is 44.9 Å². The molecule has 1 fully saturated rings. The molecule has 0 unspecified atom stereocenters. The summed E-state index contributed by atoms with van der Waals surface area (Å²) in [6.45, 7) is 1.13. The number of anilines is 1. The van der Waals surface area contributed by atoms with Gasteiger partial charge in [-0.1, -0.05) is 6.42 Å². The van der Waals surface area contributed by atoms with Gasteiger partial charge in [0.05, 0.1) is 6.61 Å². The molecular formula is C14H21N3O. The first kappa shape index (κ1) is 11.9. The molecule has 0 spiro atoms. The number of aliphatic hydroxyl groups is 1. The van der Waals surface area contributed by atoms with Gasteiger partial charge >= 0.3 is 0 Å². The zero-order valence-electron chi connectivity index (χ0n) is 10.8. The second-order valence-electron chi connectivity index (χ2n) is 5.72. The first-order chi connectivity index (χ1) is 8.83. The number of aryl methyl sites for hydroxylation is 1. The molecule has 98 valence electrons. The fourth-order valence-electron chi connectivity index (χ4n) is 2.69. The first-order valence-corrected chi connectivity index (χ1v) is 7.00. The van der Waals surface area contributed by atoms with Gasteiger partial charge in [-0.15, -0.1) is 0 Å². The van der Waals surface area contributed by atoms with Crippen molar-refractivity contribution < 1.29 is 5.11 Å². The fourth-order valence-corrected chi connectivity index (χ4v) is 2.69. The van der Waals surface area contributed by atoms with E-state index < -0.39 is 0 Å². The van der Waals surface area contributed by atoms with E-state index in [1.54, 1.807) is 6.33 Å². The first-order valence-electron chi connectivity index (χ1n) is 7.00. The molecule has 0 aliphatic heterocycles. The van der Waals surface area contributed by atoms with Gasteiger partial charge in [-0.05, 0) is 38.5 Å². The van der Waals surface area contributed by atoms with Crippen LogP contribution in [0.5, 0.6) is 0 Å². The van der Waals surface area contributed by atoms with Crippen LogP contribution < -0.4 is 5.32 Å². The molecule has 2 aliphatic rings. The molecule has 0 atom stereocenters. The molecule has 0 aromatic carbocycles. The van der Waals surface area contributed by atoms with E-state index in [1.165, 1.54) is 30.5 Å². The van der Waals surface area contributed by atoms with Crippen LogP contribution in [-0.2, 0) is 12.8 Å². The van der Waals surface area contributed by atoms with Crippen molar-refractivity contribution in [3.05, 3.63) is 17.6 Å². The van der Waals surface area contributed by atoms with Crippen molar-refractivity contribution in [1.82, 2.24) is 9.97 Å². The topological polar surface area (TPSA) is 58.0 Å². The Kier molecular flexibility index (Phi) is 3.20. The normalized spacial score (nSPS) is 20.9. The number of rotatable bonds is 4. The highest BCUT2D eigenvalue weighted by molar-refractivity contribution is 5.47. The second kappa shape index (κ2) is 4.84. The lowest BCUT2D eigenvalue weighted by molar-refractivity contribution is 0.219. The third-order valence-electron chi connectivity index (χ3n) is 4.30. The van der Waals surface area contributed by atoms with E-state index in [-0.39, 0.29) is 12.0 Å². The Morgan fingerprint density at radius 1 is 1.17 bits per heavy atom. The van der Waals surface area contributed by atoms with Crippen LogP contribution in [0.15, 0.2) is 6.33 Å². The smallest absolute Gasteiger partial charge is 0.132 e. The van der Waals surface area contributed by atoms with Gasteiger partial charge in [-0.2, -0.15) is 0 Å². The summed E-state index contributed by atoms with van der Waals surface area (Å²) in [5.74, 6) is 1.00. The highest BCUT2D eigenvalue weighted by Gasteiger charge is 2.41. The van der Waals surface area contributed by atoms with Gasteiger partial charge in [0.2, 0.25) is 0 Å². The van der Waals surface area contributed by atoms with Gasteiger partial charge in [-0.3, -0.25) is 0 Å². The fraction of sp³-hybridized carbons (Fsp3) is 0.714. The van der Waals surface area contributed by atoms with E-state index in [0.717, 1.165) is 38.0 Å². The standard InChI is InChI=1S/C14H21N3O/c18-9-14(6-7-14)8-15-13-11-4-2-1-3-5-12(11)16-10-17-13/h10,18H,1-9H2,(H,15,16,17). The van der Waals surface area contributed by atoms with Gasteiger partial charge in [0.15, 0.2) is 0 Å². The largest absolute Gasteiger partial charge is 0.396 e. The van der Waals surface area contributed by atoms with Gasteiger partial charge in [0.1, 0.15) is 12.1 Å². The molecule has 0 saturated heterocycles. The molecule has 4 nitrogen and oxygen atoms in total. The Morgan fingerprint density at radius 3 is 2.78 bits per heavy atom. The SMILES string of the molecule is OCC1(CNc2ncnc3c2CCCCC3)CC1. The van der Waals surface area contributed by atoms with Crippen molar-refractivity contribution in [2.75, 3.05) is 18.5 Å². The Balaban J connectivity index is 1.75. The number of fused-ring (bicyclic) bond motifs is 1. The molecule has 0 bridgehead atoms. The zero-order chi connectivity index (χ0) is 12.4. The van der Waals surface area contributed by atoms with Crippen LogP contribution in [0.4, 0.5) is 5.82 Å². The predicted molar refractivity (Wildman–Crippen MR) is 70.5 cm³/mol. The van der Waals surface area contributed by atoms with E-state index in [9.17, 15) is 5.11 Å². The number of aliphatic hydroxyl groups excluding tert-OH is 1. The number of aromatic nitrogens is 2. The van der Waals surface area contributed by atoms with E-state index in [2.05, 4.69) is 15.3 Å². The molecule has 18 heavy (non-hydrogen) atoms. The molecule has 2 aliphatic carbocycles. The van der Waals surface area contributed by atoms with Crippen molar-refractivity contribution in [1.29, 1.82) is 0 Å². The second-order valence-corrected chi connectivity index (χ2v) is 5.72. The monoisotopic (exact) mass is 247 g/mol. The Bertz CT molecular complexity index is 429. The summed E-state index contributed by atoms with van der Waals surface area (Å²) in [5, 5.41) is 12.8. The number of nitrogens with one attached hydrogen (secondary N) is 1. The van der Waals surface area contributed by atoms with Gasteiger partial charge < -0.3 is 10.4 Å².